The first kappa shape index (κ1) is 33.9. The largest absolute Gasteiger partial charge is 0.364 e. The lowest BCUT2D eigenvalue weighted by Crippen LogP contribution is -2.68. The van der Waals surface area contributed by atoms with E-state index >= 15 is 0 Å². The Balaban J connectivity index is 1.32. The smallest absolute Gasteiger partial charge is 0.221 e. The molecule has 0 saturated heterocycles. The second kappa shape index (κ2) is 11.6. The van der Waals surface area contributed by atoms with Gasteiger partial charge in [0.15, 0.2) is 6.29 Å². The first-order chi connectivity index (χ1) is 21.5. The van der Waals surface area contributed by atoms with Crippen LogP contribution in [0, 0.1) is 51.2 Å². The second-order valence-electron chi connectivity index (χ2n) is 18.0. The van der Waals surface area contributed by atoms with Crippen molar-refractivity contribution in [3.8, 4) is 0 Å². The van der Waals surface area contributed by atoms with Crippen molar-refractivity contribution in [2.75, 3.05) is 20.6 Å². The summed E-state index contributed by atoms with van der Waals surface area (Å²) in [5.74, 6) is 3.05. The maximum atomic E-state index is 13.4. The van der Waals surface area contributed by atoms with Crippen molar-refractivity contribution in [2.45, 2.75) is 118 Å². The molecule has 4 fully saturated rings. The molecule has 1 amide bonds. The molecule has 0 bridgehead atoms. The number of hydrogen-bond acceptors (Lipinski definition) is 4. The van der Waals surface area contributed by atoms with Crippen molar-refractivity contribution in [3.63, 3.8) is 0 Å². The normalized spacial score (nSPS) is 41.2. The van der Waals surface area contributed by atoms with Crippen LogP contribution < -0.4 is 5.32 Å². The summed E-state index contributed by atoms with van der Waals surface area (Å²) in [6, 6.07) is 7.88. The summed E-state index contributed by atoms with van der Waals surface area (Å²) in [5, 5.41) is 23.0. The molecule has 5 heteroatoms. The molecule has 254 valence electrons. The molecule has 1 aromatic rings. The fourth-order valence-corrected chi connectivity index (χ4v) is 13.0. The molecular weight excluding hydrogens is 568 g/mol. The van der Waals surface area contributed by atoms with E-state index in [0.29, 0.717) is 41.6 Å². The Bertz CT molecular complexity index is 1380. The minimum absolute atomic E-state index is 0.0283. The van der Waals surface area contributed by atoms with Gasteiger partial charge in [-0.25, -0.2) is 0 Å². The molecule has 0 aliphatic heterocycles. The predicted molar refractivity (Wildman–Crippen MR) is 188 cm³/mol. The van der Waals surface area contributed by atoms with E-state index in [-0.39, 0.29) is 33.1 Å². The zero-order valence-corrected chi connectivity index (χ0v) is 30.1. The standard InChI is InChI=1S/C41H62N2O3/c1-26(2)29-16-22-41(42-34(44)19-25-43(8)9)24-23-39(6)31(35(29)41)14-15-33-38(5)20-17-30(27-10-12-28(13-11-27)36(45)46)37(3,4)32(38)18-21-40(33,39)7/h10-13,17,29,31-33,35-36,45-46H,1,14-16,18-25H2,2-9H3,(H,42,44)/t29-,31+,32?,33?,35?,38-,39+,40+,41-/m0/s1. The van der Waals surface area contributed by atoms with Crippen LogP contribution in [0.25, 0.3) is 5.57 Å². The number of carbonyl (C=O) groups excluding carboxylic acids is 1. The minimum atomic E-state index is -1.43. The molecule has 6 rings (SSSR count). The van der Waals surface area contributed by atoms with Crippen LogP contribution in [-0.4, -0.2) is 47.2 Å². The lowest BCUT2D eigenvalue weighted by atomic mass is 9.33. The highest BCUT2D eigenvalue weighted by Crippen LogP contribution is 2.76. The van der Waals surface area contributed by atoms with Crippen LogP contribution in [0.1, 0.15) is 123 Å². The van der Waals surface area contributed by atoms with Gasteiger partial charge in [-0.15, -0.1) is 0 Å². The number of nitrogens with zero attached hydrogens (tertiary/aromatic N) is 1. The number of rotatable bonds is 7. The van der Waals surface area contributed by atoms with E-state index in [1.54, 1.807) is 0 Å². The van der Waals surface area contributed by atoms with Gasteiger partial charge in [-0.05, 0) is 141 Å². The molecule has 4 saturated carbocycles. The van der Waals surface area contributed by atoms with Crippen LogP contribution in [0.3, 0.4) is 0 Å². The van der Waals surface area contributed by atoms with Crippen LogP contribution in [0.15, 0.2) is 42.5 Å². The van der Waals surface area contributed by atoms with Gasteiger partial charge >= 0.3 is 0 Å². The van der Waals surface area contributed by atoms with Gasteiger partial charge in [-0.2, -0.15) is 0 Å². The van der Waals surface area contributed by atoms with Crippen molar-refractivity contribution >= 4 is 11.5 Å². The third kappa shape index (κ3) is 5.00. The quantitative estimate of drug-likeness (QED) is 0.210. The van der Waals surface area contributed by atoms with Gasteiger partial charge in [-0.1, -0.05) is 77.1 Å². The van der Waals surface area contributed by atoms with Crippen LogP contribution in [0.4, 0.5) is 0 Å². The van der Waals surface area contributed by atoms with E-state index < -0.39 is 6.29 Å². The van der Waals surface area contributed by atoms with Crippen LogP contribution >= 0.6 is 0 Å². The molecule has 0 aromatic heterocycles. The summed E-state index contributed by atoms with van der Waals surface area (Å²) in [6.07, 6.45) is 12.4. The Labute approximate surface area is 279 Å². The van der Waals surface area contributed by atoms with Crippen molar-refractivity contribution < 1.29 is 15.0 Å². The molecule has 5 aliphatic carbocycles. The zero-order chi connectivity index (χ0) is 33.4. The zero-order valence-electron chi connectivity index (χ0n) is 30.1. The Morgan fingerprint density at radius 1 is 0.935 bits per heavy atom. The van der Waals surface area contributed by atoms with E-state index in [4.69, 9.17) is 0 Å². The minimum Gasteiger partial charge on any atom is -0.364 e. The fourth-order valence-electron chi connectivity index (χ4n) is 13.0. The number of aliphatic hydroxyl groups excluding tert-OH is 1. The van der Waals surface area contributed by atoms with E-state index in [9.17, 15) is 15.0 Å². The van der Waals surface area contributed by atoms with Crippen LogP contribution in [0.2, 0.25) is 0 Å². The molecule has 9 atom stereocenters. The van der Waals surface area contributed by atoms with Crippen LogP contribution in [-0.2, 0) is 4.79 Å². The molecule has 3 N–H and O–H groups in total. The van der Waals surface area contributed by atoms with Crippen molar-refractivity contribution in [2.24, 2.45) is 51.2 Å². The van der Waals surface area contributed by atoms with Gasteiger partial charge in [0, 0.05) is 24.1 Å². The topological polar surface area (TPSA) is 72.8 Å². The fraction of sp³-hybridized carbons (Fsp3) is 0.732. The average molecular weight is 631 g/mol. The summed E-state index contributed by atoms with van der Waals surface area (Å²) < 4.78 is 0. The van der Waals surface area contributed by atoms with Crippen molar-refractivity contribution in [1.29, 1.82) is 0 Å². The first-order valence-corrected chi connectivity index (χ1v) is 18.3. The number of allylic oxidation sites excluding steroid dienone is 3. The maximum Gasteiger partial charge on any atom is 0.221 e. The molecule has 46 heavy (non-hydrogen) atoms. The van der Waals surface area contributed by atoms with E-state index in [0.717, 1.165) is 32.2 Å². The van der Waals surface area contributed by atoms with E-state index in [2.05, 4.69) is 76.5 Å². The summed E-state index contributed by atoms with van der Waals surface area (Å²) >= 11 is 0. The number of nitrogens with one attached hydrogen (secondary N) is 1. The molecule has 5 nitrogen and oxygen atoms in total. The second-order valence-corrected chi connectivity index (χ2v) is 18.0. The Morgan fingerprint density at radius 2 is 1.63 bits per heavy atom. The lowest BCUT2D eigenvalue weighted by Gasteiger charge is -2.72. The summed E-state index contributed by atoms with van der Waals surface area (Å²) in [4.78, 5) is 15.5. The first-order valence-electron chi connectivity index (χ1n) is 18.3. The molecule has 0 radical (unpaired) electrons. The summed E-state index contributed by atoms with van der Waals surface area (Å²) in [6.45, 7) is 20.5. The number of aliphatic hydroxyl groups is 2. The average Bonchev–Trinajstić information content (AvgIpc) is 3.36. The monoisotopic (exact) mass is 630 g/mol. The van der Waals surface area contributed by atoms with Gasteiger partial charge < -0.3 is 20.4 Å². The lowest BCUT2D eigenvalue weighted by molar-refractivity contribution is -0.219. The maximum absolute atomic E-state index is 13.4. The molecule has 5 aliphatic rings. The predicted octanol–water partition coefficient (Wildman–Crippen LogP) is 8.14. The van der Waals surface area contributed by atoms with Gasteiger partial charge in [-0.3, -0.25) is 4.79 Å². The number of hydrogen-bond donors (Lipinski definition) is 3. The summed E-state index contributed by atoms with van der Waals surface area (Å²) in [5.41, 5.74) is 5.15. The SMILES string of the molecule is C=C(C)[C@@H]1CC[C@]2(NC(=O)CCN(C)C)CC[C@]3(C)[C@H](CCC4[C@@]5(C)CC=C(c6ccc(C(O)O)cc6)C(C)(C)C5CC[C@]43C)C12. The van der Waals surface area contributed by atoms with Gasteiger partial charge in [0.05, 0.1) is 0 Å². The third-order valence-corrected chi connectivity index (χ3v) is 15.3. The van der Waals surface area contributed by atoms with Gasteiger partial charge in [0.1, 0.15) is 0 Å². The number of fused-ring (bicyclic) bond motifs is 7. The van der Waals surface area contributed by atoms with Gasteiger partial charge in [0.2, 0.25) is 5.91 Å². The molecule has 0 spiro atoms. The van der Waals surface area contributed by atoms with Crippen molar-refractivity contribution in [3.05, 3.63) is 53.6 Å². The van der Waals surface area contributed by atoms with E-state index in [1.165, 1.54) is 48.8 Å². The van der Waals surface area contributed by atoms with Crippen molar-refractivity contribution in [1.82, 2.24) is 10.2 Å². The number of amides is 1. The molecule has 0 heterocycles. The highest BCUT2D eigenvalue weighted by molar-refractivity contribution is 5.77. The van der Waals surface area contributed by atoms with Gasteiger partial charge in [0.25, 0.3) is 0 Å². The number of carbonyl (C=O) groups is 1. The van der Waals surface area contributed by atoms with Crippen LogP contribution in [0.5, 0.6) is 0 Å². The van der Waals surface area contributed by atoms with E-state index in [1.807, 2.05) is 26.2 Å². The number of benzene rings is 1. The molecule has 3 unspecified atom stereocenters. The highest BCUT2D eigenvalue weighted by atomic mass is 16.5. The third-order valence-electron chi connectivity index (χ3n) is 15.3. The molecule has 1 aromatic carbocycles. The Morgan fingerprint density at radius 3 is 2.26 bits per heavy atom. The Kier molecular flexibility index (Phi) is 8.55. The Hall–Kier alpha value is -1.95. The summed E-state index contributed by atoms with van der Waals surface area (Å²) in [7, 11) is 4.10. The molecular formula is C41H62N2O3. The highest BCUT2D eigenvalue weighted by Gasteiger charge is 2.70.